The van der Waals surface area contributed by atoms with Crippen molar-refractivity contribution in [3.8, 4) is 0 Å². The molecule has 1 aromatic rings. The molecule has 0 radical (unpaired) electrons. The van der Waals surface area contributed by atoms with Crippen LogP contribution >= 0.6 is 0 Å². The third-order valence-electron chi connectivity index (χ3n) is 3.76. The highest BCUT2D eigenvalue weighted by atomic mass is 16.1. The summed E-state index contributed by atoms with van der Waals surface area (Å²) >= 11 is 0. The van der Waals surface area contributed by atoms with Gasteiger partial charge in [0.25, 0.3) is 5.91 Å². The average Bonchev–Trinajstić information content (AvgIpc) is 2.94. The number of aromatic nitrogens is 1. The lowest BCUT2D eigenvalue weighted by molar-refractivity contribution is 0.0942. The largest absolute Gasteiger partial charge is 0.350 e. The molecule has 0 saturated carbocycles. The maximum Gasteiger partial charge on any atom is 0.269 e. The summed E-state index contributed by atoms with van der Waals surface area (Å²) in [4.78, 5) is 18.5. The lowest BCUT2D eigenvalue weighted by Crippen LogP contribution is -2.33. The van der Waals surface area contributed by atoms with E-state index in [0.717, 1.165) is 19.5 Å². The van der Waals surface area contributed by atoms with Crippen molar-refractivity contribution in [2.45, 2.75) is 26.3 Å². The molecule has 1 unspecified atom stereocenters. The number of nitrogens with zero attached hydrogens (tertiary/aromatic N) is 2. The molecule has 20 heavy (non-hydrogen) atoms. The van der Waals surface area contributed by atoms with Crippen molar-refractivity contribution >= 4 is 11.6 Å². The Morgan fingerprint density at radius 1 is 1.55 bits per heavy atom. The molecule has 110 valence electrons. The number of anilines is 1. The van der Waals surface area contributed by atoms with E-state index in [1.54, 1.807) is 18.3 Å². The van der Waals surface area contributed by atoms with Gasteiger partial charge in [-0.3, -0.25) is 10.6 Å². The second kappa shape index (κ2) is 6.67. The van der Waals surface area contributed by atoms with Gasteiger partial charge in [-0.05, 0) is 44.9 Å². The van der Waals surface area contributed by atoms with Crippen LogP contribution in [0.25, 0.3) is 0 Å². The number of likely N-dealkylation sites (tertiary alicyclic amines) is 1. The summed E-state index contributed by atoms with van der Waals surface area (Å²) in [5.74, 6) is 5.67. The van der Waals surface area contributed by atoms with Crippen molar-refractivity contribution in [1.82, 2.24) is 15.2 Å². The standard InChI is InChI=1S/C14H23N5O/c1-10(2)19-6-5-11(9-19)7-17-14(20)13-4-3-12(18-15)8-16-13/h3-4,8,10-11,18H,5-7,9,15H2,1-2H3,(H,17,20). The zero-order chi connectivity index (χ0) is 14.5. The fourth-order valence-corrected chi connectivity index (χ4v) is 2.44. The molecule has 6 heteroatoms. The summed E-state index contributed by atoms with van der Waals surface area (Å²) in [5, 5.41) is 2.96. The highest BCUT2D eigenvalue weighted by Gasteiger charge is 2.24. The first-order chi connectivity index (χ1) is 9.60. The molecule has 2 rings (SSSR count). The summed E-state index contributed by atoms with van der Waals surface area (Å²) < 4.78 is 0. The Morgan fingerprint density at radius 3 is 2.90 bits per heavy atom. The smallest absolute Gasteiger partial charge is 0.269 e. The highest BCUT2D eigenvalue weighted by Crippen LogP contribution is 2.17. The number of nitrogen functional groups attached to an aromatic ring is 1. The Bertz CT molecular complexity index is 445. The zero-order valence-electron chi connectivity index (χ0n) is 12.1. The fourth-order valence-electron chi connectivity index (χ4n) is 2.44. The van der Waals surface area contributed by atoms with Gasteiger partial charge in [-0.1, -0.05) is 0 Å². The highest BCUT2D eigenvalue weighted by molar-refractivity contribution is 5.92. The van der Waals surface area contributed by atoms with E-state index in [0.29, 0.717) is 29.9 Å². The van der Waals surface area contributed by atoms with E-state index in [1.165, 1.54) is 0 Å². The average molecular weight is 277 g/mol. The molecule has 1 amide bonds. The molecule has 1 fully saturated rings. The molecule has 1 aliphatic heterocycles. The summed E-state index contributed by atoms with van der Waals surface area (Å²) in [6.45, 7) is 7.30. The van der Waals surface area contributed by atoms with Gasteiger partial charge in [0, 0.05) is 19.1 Å². The normalized spacial score (nSPS) is 19.3. The molecular formula is C14H23N5O. The Labute approximate surface area is 119 Å². The number of carbonyl (C=O) groups is 1. The van der Waals surface area contributed by atoms with Gasteiger partial charge < -0.3 is 15.6 Å². The van der Waals surface area contributed by atoms with Gasteiger partial charge in [-0.15, -0.1) is 0 Å². The first-order valence-electron chi connectivity index (χ1n) is 7.05. The van der Waals surface area contributed by atoms with Gasteiger partial charge >= 0.3 is 0 Å². The molecule has 4 N–H and O–H groups in total. The van der Waals surface area contributed by atoms with Crippen LogP contribution in [0.15, 0.2) is 18.3 Å². The predicted molar refractivity (Wildman–Crippen MR) is 79.2 cm³/mol. The van der Waals surface area contributed by atoms with Crippen LogP contribution in [0.2, 0.25) is 0 Å². The molecule has 0 spiro atoms. The van der Waals surface area contributed by atoms with E-state index in [9.17, 15) is 4.79 Å². The third kappa shape index (κ3) is 3.68. The Balaban J connectivity index is 1.80. The number of hydrazine groups is 1. The molecule has 0 aromatic carbocycles. The summed E-state index contributed by atoms with van der Waals surface area (Å²) in [6, 6.07) is 3.98. The van der Waals surface area contributed by atoms with Crippen LogP contribution in [-0.4, -0.2) is 41.5 Å². The number of hydrogen-bond donors (Lipinski definition) is 3. The number of carbonyl (C=O) groups excluding carboxylic acids is 1. The number of pyridine rings is 1. The Kier molecular flexibility index (Phi) is 4.92. The van der Waals surface area contributed by atoms with Crippen LogP contribution in [-0.2, 0) is 0 Å². The molecule has 0 bridgehead atoms. The van der Waals surface area contributed by atoms with E-state index in [-0.39, 0.29) is 5.91 Å². The van der Waals surface area contributed by atoms with E-state index >= 15 is 0 Å². The van der Waals surface area contributed by atoms with Gasteiger partial charge in [0.1, 0.15) is 5.69 Å². The summed E-state index contributed by atoms with van der Waals surface area (Å²) in [7, 11) is 0. The summed E-state index contributed by atoms with van der Waals surface area (Å²) in [6.07, 6.45) is 2.69. The number of nitrogens with one attached hydrogen (secondary N) is 2. The minimum Gasteiger partial charge on any atom is -0.350 e. The monoisotopic (exact) mass is 277 g/mol. The van der Waals surface area contributed by atoms with Crippen molar-refractivity contribution < 1.29 is 4.79 Å². The van der Waals surface area contributed by atoms with Crippen molar-refractivity contribution in [2.24, 2.45) is 11.8 Å². The number of rotatable bonds is 5. The fraction of sp³-hybridized carbons (Fsp3) is 0.571. The van der Waals surface area contributed by atoms with Crippen LogP contribution in [0.4, 0.5) is 5.69 Å². The van der Waals surface area contributed by atoms with Crippen LogP contribution in [0.5, 0.6) is 0 Å². The van der Waals surface area contributed by atoms with Gasteiger partial charge in [0.15, 0.2) is 0 Å². The van der Waals surface area contributed by atoms with Gasteiger partial charge in [-0.2, -0.15) is 0 Å². The SMILES string of the molecule is CC(C)N1CCC(CNC(=O)c2ccc(NN)cn2)C1. The number of nitrogens with two attached hydrogens (primary N) is 1. The molecule has 1 aromatic heterocycles. The number of hydrogen-bond acceptors (Lipinski definition) is 5. The van der Waals surface area contributed by atoms with E-state index in [2.05, 4.69) is 34.5 Å². The van der Waals surface area contributed by atoms with E-state index < -0.39 is 0 Å². The topological polar surface area (TPSA) is 83.3 Å². The maximum absolute atomic E-state index is 12.0. The minimum absolute atomic E-state index is 0.128. The molecule has 1 aliphatic rings. The van der Waals surface area contributed by atoms with Crippen LogP contribution in [0.3, 0.4) is 0 Å². The van der Waals surface area contributed by atoms with Crippen LogP contribution in [0, 0.1) is 5.92 Å². The maximum atomic E-state index is 12.0. The van der Waals surface area contributed by atoms with Gasteiger partial charge in [-0.25, -0.2) is 4.98 Å². The van der Waals surface area contributed by atoms with Crippen molar-refractivity contribution in [1.29, 1.82) is 0 Å². The molecule has 1 atom stereocenters. The molecular weight excluding hydrogens is 254 g/mol. The molecule has 6 nitrogen and oxygen atoms in total. The Hall–Kier alpha value is -1.66. The lowest BCUT2D eigenvalue weighted by Gasteiger charge is -2.20. The van der Waals surface area contributed by atoms with Crippen LogP contribution < -0.4 is 16.6 Å². The Morgan fingerprint density at radius 2 is 2.35 bits per heavy atom. The van der Waals surface area contributed by atoms with E-state index in [4.69, 9.17) is 5.84 Å². The second-order valence-corrected chi connectivity index (χ2v) is 5.53. The zero-order valence-corrected chi connectivity index (χ0v) is 12.1. The first kappa shape index (κ1) is 14.7. The second-order valence-electron chi connectivity index (χ2n) is 5.53. The summed E-state index contributed by atoms with van der Waals surface area (Å²) in [5.41, 5.74) is 3.59. The van der Waals surface area contributed by atoms with Crippen molar-refractivity contribution in [3.63, 3.8) is 0 Å². The lowest BCUT2D eigenvalue weighted by atomic mass is 10.1. The van der Waals surface area contributed by atoms with Gasteiger partial charge in [0.05, 0.1) is 11.9 Å². The van der Waals surface area contributed by atoms with Gasteiger partial charge in [0.2, 0.25) is 0 Å². The third-order valence-corrected chi connectivity index (χ3v) is 3.76. The van der Waals surface area contributed by atoms with Crippen LogP contribution in [0.1, 0.15) is 30.8 Å². The van der Waals surface area contributed by atoms with Crippen molar-refractivity contribution in [2.75, 3.05) is 25.1 Å². The quantitative estimate of drug-likeness (QED) is 0.548. The first-order valence-corrected chi connectivity index (χ1v) is 7.05. The molecule has 0 aliphatic carbocycles. The van der Waals surface area contributed by atoms with E-state index in [1.807, 2.05) is 0 Å². The van der Waals surface area contributed by atoms with Crippen molar-refractivity contribution in [3.05, 3.63) is 24.0 Å². The minimum atomic E-state index is -0.128. The number of amides is 1. The predicted octanol–water partition coefficient (Wildman–Crippen LogP) is 0.827. The molecule has 1 saturated heterocycles. The molecule has 2 heterocycles.